The summed E-state index contributed by atoms with van der Waals surface area (Å²) in [4.78, 5) is 10.7. The van der Waals surface area contributed by atoms with Gasteiger partial charge >= 0.3 is 0 Å². The quantitative estimate of drug-likeness (QED) is 0.777. The van der Waals surface area contributed by atoms with Crippen molar-refractivity contribution in [3.05, 3.63) is 24.3 Å². The van der Waals surface area contributed by atoms with Gasteiger partial charge in [0.2, 0.25) is 5.95 Å². The second-order valence-corrected chi connectivity index (χ2v) is 10.9. The van der Waals surface area contributed by atoms with E-state index < -0.39 is 0 Å². The Morgan fingerprint density at radius 1 is 0.968 bits per heavy atom. The van der Waals surface area contributed by atoms with Gasteiger partial charge < -0.3 is 14.8 Å². The van der Waals surface area contributed by atoms with Crippen molar-refractivity contribution in [1.82, 2.24) is 19.8 Å². The summed E-state index contributed by atoms with van der Waals surface area (Å²) in [5.41, 5.74) is 2.93. The number of anilines is 1. The molecule has 5 nitrogen and oxygen atoms in total. The molecule has 4 fully saturated rings. The Labute approximate surface area is 187 Å². The van der Waals surface area contributed by atoms with Crippen molar-refractivity contribution in [3.63, 3.8) is 0 Å². The lowest BCUT2D eigenvalue weighted by Gasteiger charge is -2.46. The molecule has 2 atom stereocenters. The van der Waals surface area contributed by atoms with Gasteiger partial charge in [0.1, 0.15) is 0 Å². The van der Waals surface area contributed by atoms with E-state index in [0.29, 0.717) is 23.7 Å². The van der Waals surface area contributed by atoms with E-state index in [1.165, 1.54) is 94.3 Å². The molecule has 31 heavy (non-hydrogen) atoms. The summed E-state index contributed by atoms with van der Waals surface area (Å²) >= 11 is 0. The monoisotopic (exact) mass is 421 g/mol. The largest absolute Gasteiger partial charge is 0.336 e. The maximum Gasteiger partial charge on any atom is 0.207 e. The molecule has 5 heteroatoms. The van der Waals surface area contributed by atoms with E-state index in [9.17, 15) is 0 Å². The number of hydrogen-bond donors (Lipinski definition) is 1. The van der Waals surface area contributed by atoms with Gasteiger partial charge in [-0.1, -0.05) is 44.2 Å². The third-order valence-corrected chi connectivity index (χ3v) is 8.91. The van der Waals surface area contributed by atoms with Crippen LogP contribution in [0.5, 0.6) is 0 Å². The predicted molar refractivity (Wildman–Crippen MR) is 128 cm³/mol. The van der Waals surface area contributed by atoms with Crippen molar-refractivity contribution in [1.29, 1.82) is 0 Å². The number of piperidine rings is 1. The first kappa shape index (κ1) is 20.0. The van der Waals surface area contributed by atoms with Crippen molar-refractivity contribution >= 4 is 17.0 Å². The number of piperazine rings is 1. The number of likely N-dealkylation sites (tertiary alicyclic amines) is 1. The summed E-state index contributed by atoms with van der Waals surface area (Å²) in [6.07, 6.45) is 13.7. The predicted octanol–water partition coefficient (Wildman–Crippen LogP) is 4.73. The number of fused-ring (bicyclic) bond motifs is 3. The first-order valence-corrected chi connectivity index (χ1v) is 12.9. The van der Waals surface area contributed by atoms with E-state index in [4.69, 9.17) is 4.98 Å². The summed E-state index contributed by atoms with van der Waals surface area (Å²) < 4.78 is 2.63. The summed E-state index contributed by atoms with van der Waals surface area (Å²) in [7, 11) is 0. The molecule has 6 rings (SSSR count). The third kappa shape index (κ3) is 3.58. The number of aromatic nitrogens is 2. The van der Waals surface area contributed by atoms with Crippen LogP contribution < -0.4 is 10.2 Å². The molecule has 4 aliphatic rings. The van der Waals surface area contributed by atoms with E-state index in [1.54, 1.807) is 0 Å². The number of nitrogens with zero attached hydrogens (tertiary/aromatic N) is 4. The molecular formula is C26H39N5. The average molecular weight is 422 g/mol. The molecule has 3 saturated heterocycles. The number of imidazole rings is 1. The molecule has 1 aromatic carbocycles. The van der Waals surface area contributed by atoms with E-state index in [-0.39, 0.29) is 0 Å². The van der Waals surface area contributed by atoms with Crippen LogP contribution in [0.4, 0.5) is 5.95 Å². The van der Waals surface area contributed by atoms with Gasteiger partial charge in [0, 0.05) is 49.8 Å². The van der Waals surface area contributed by atoms with Crippen molar-refractivity contribution in [2.45, 2.75) is 94.8 Å². The summed E-state index contributed by atoms with van der Waals surface area (Å²) in [6, 6.07) is 10.7. The Balaban J connectivity index is 1.25. The molecule has 0 radical (unpaired) electrons. The fourth-order valence-corrected chi connectivity index (χ4v) is 7.05. The number of benzene rings is 1. The van der Waals surface area contributed by atoms with Crippen molar-refractivity contribution in [3.8, 4) is 0 Å². The maximum absolute atomic E-state index is 5.18. The molecule has 2 bridgehead atoms. The molecule has 168 valence electrons. The Hall–Kier alpha value is -1.59. The fraction of sp³-hybridized carbons (Fsp3) is 0.731. The highest BCUT2D eigenvalue weighted by atomic mass is 15.4. The topological polar surface area (TPSA) is 36.3 Å². The van der Waals surface area contributed by atoms with Gasteiger partial charge in [-0.2, -0.15) is 0 Å². The first-order valence-electron chi connectivity index (χ1n) is 12.9. The second kappa shape index (κ2) is 8.08. The summed E-state index contributed by atoms with van der Waals surface area (Å²) in [5.74, 6) is 1.24. The highest BCUT2D eigenvalue weighted by Crippen LogP contribution is 2.39. The zero-order valence-corrected chi connectivity index (χ0v) is 19.2. The van der Waals surface area contributed by atoms with Crippen LogP contribution in [0.25, 0.3) is 11.0 Å². The van der Waals surface area contributed by atoms with Gasteiger partial charge in [-0.05, 0) is 51.2 Å². The highest BCUT2D eigenvalue weighted by molar-refractivity contribution is 5.79. The molecular weight excluding hydrogens is 382 g/mol. The van der Waals surface area contributed by atoms with Gasteiger partial charge in [0.25, 0.3) is 0 Å². The minimum atomic E-state index is 0.422. The first-order chi connectivity index (χ1) is 15.2. The molecule has 2 aromatic rings. The fourth-order valence-electron chi connectivity index (χ4n) is 7.05. The normalized spacial score (nSPS) is 30.0. The lowest BCUT2D eigenvalue weighted by molar-refractivity contribution is 0.0442. The van der Waals surface area contributed by atoms with Crippen LogP contribution in [0.2, 0.25) is 0 Å². The Bertz CT molecular complexity index is 904. The Morgan fingerprint density at radius 3 is 2.42 bits per heavy atom. The van der Waals surface area contributed by atoms with Crippen LogP contribution in [0.3, 0.4) is 0 Å². The molecule has 1 aliphatic carbocycles. The smallest absolute Gasteiger partial charge is 0.207 e. The van der Waals surface area contributed by atoms with E-state index >= 15 is 0 Å². The molecule has 1 saturated carbocycles. The number of rotatable bonds is 3. The molecule has 1 N–H and O–H groups in total. The van der Waals surface area contributed by atoms with Crippen molar-refractivity contribution < 1.29 is 0 Å². The molecule has 0 spiro atoms. The summed E-state index contributed by atoms with van der Waals surface area (Å²) in [5, 5.41) is 3.66. The van der Waals surface area contributed by atoms with E-state index in [1.807, 2.05) is 0 Å². The minimum Gasteiger partial charge on any atom is -0.336 e. The highest BCUT2D eigenvalue weighted by Gasteiger charge is 2.41. The second-order valence-electron chi connectivity index (χ2n) is 10.9. The summed E-state index contributed by atoms with van der Waals surface area (Å²) in [6.45, 7) is 7.27. The van der Waals surface area contributed by atoms with Crippen LogP contribution in [0.1, 0.15) is 77.2 Å². The zero-order chi connectivity index (χ0) is 20.8. The lowest BCUT2D eigenvalue weighted by atomic mass is 9.82. The number of hydrogen-bond acceptors (Lipinski definition) is 4. The third-order valence-electron chi connectivity index (χ3n) is 8.91. The van der Waals surface area contributed by atoms with Crippen LogP contribution >= 0.6 is 0 Å². The molecule has 3 aliphatic heterocycles. The van der Waals surface area contributed by atoms with Crippen molar-refractivity contribution in [2.24, 2.45) is 0 Å². The van der Waals surface area contributed by atoms with E-state index in [2.05, 4.69) is 50.9 Å². The lowest BCUT2D eigenvalue weighted by Crippen LogP contribution is -2.50. The average Bonchev–Trinajstić information content (AvgIpc) is 3.50. The number of nitrogens with one attached hydrogen (secondary N) is 1. The minimum absolute atomic E-state index is 0.422. The SMILES string of the molecule is CC1(N2CCC(n3c(N4C[C@H]5C[C@H]4CN5)nc4ccccc43)CC2)CCCCCCC1. The van der Waals surface area contributed by atoms with Crippen molar-refractivity contribution in [2.75, 3.05) is 31.1 Å². The van der Waals surface area contributed by atoms with Gasteiger partial charge in [-0.25, -0.2) is 4.98 Å². The van der Waals surface area contributed by atoms with Crippen LogP contribution in [0, 0.1) is 0 Å². The maximum atomic E-state index is 5.18. The standard InChI is InChI=1S/C26H39N5/c1-26(13-7-3-2-4-8-14-26)29-15-11-21(12-16-29)31-24-10-6-5-9-23(24)28-25(31)30-19-20-17-22(30)18-27-20/h5-6,9-10,20-22,27H,2-4,7-8,11-19H2,1H3/t20-,22+/m1/s1. The Kier molecular flexibility index (Phi) is 5.22. The molecule has 0 amide bonds. The Morgan fingerprint density at radius 2 is 1.71 bits per heavy atom. The number of para-hydroxylation sites is 2. The van der Waals surface area contributed by atoms with Crippen LogP contribution in [-0.2, 0) is 0 Å². The van der Waals surface area contributed by atoms with Gasteiger partial charge in [-0.3, -0.25) is 4.90 Å². The molecule has 0 unspecified atom stereocenters. The van der Waals surface area contributed by atoms with Crippen LogP contribution in [-0.4, -0.2) is 58.3 Å². The van der Waals surface area contributed by atoms with Gasteiger partial charge in [0.15, 0.2) is 0 Å². The van der Waals surface area contributed by atoms with Crippen LogP contribution in [0.15, 0.2) is 24.3 Å². The molecule has 4 heterocycles. The van der Waals surface area contributed by atoms with Gasteiger partial charge in [0.05, 0.1) is 11.0 Å². The zero-order valence-electron chi connectivity index (χ0n) is 19.2. The van der Waals surface area contributed by atoms with Gasteiger partial charge in [-0.15, -0.1) is 0 Å². The van der Waals surface area contributed by atoms with E-state index in [0.717, 1.165) is 13.1 Å². The molecule has 1 aromatic heterocycles.